The van der Waals surface area contributed by atoms with Gasteiger partial charge in [-0.15, -0.1) is 0 Å². The van der Waals surface area contributed by atoms with Crippen LogP contribution in [0.1, 0.15) is 57.8 Å². The fourth-order valence-corrected chi connectivity index (χ4v) is 5.25. The summed E-state index contributed by atoms with van der Waals surface area (Å²) in [6, 6.07) is 1.02. The lowest BCUT2D eigenvalue weighted by molar-refractivity contribution is 0.140. The first-order chi connectivity index (χ1) is 11.3. The highest BCUT2D eigenvalue weighted by Gasteiger charge is 2.29. The molecule has 1 N–H and O–H groups in total. The first-order valence-corrected chi connectivity index (χ1v) is 10.9. The van der Waals surface area contributed by atoms with Crippen molar-refractivity contribution in [3.05, 3.63) is 0 Å². The van der Waals surface area contributed by atoms with Crippen LogP contribution in [-0.2, 0) is 0 Å². The third-order valence-corrected chi connectivity index (χ3v) is 6.75. The summed E-state index contributed by atoms with van der Waals surface area (Å²) in [6.07, 6.45) is 11.4. The van der Waals surface area contributed by atoms with Crippen molar-refractivity contribution in [2.45, 2.75) is 69.9 Å². The van der Waals surface area contributed by atoms with E-state index in [4.69, 9.17) is 0 Å². The topological polar surface area (TPSA) is 35.6 Å². The predicted octanol–water partition coefficient (Wildman–Crippen LogP) is 3.32. The van der Waals surface area contributed by atoms with Gasteiger partial charge < -0.3 is 15.1 Å². The number of nitrogens with zero attached hydrogens (tertiary/aromatic N) is 2. The molecule has 1 unspecified atom stereocenters. The molecular weight excluding hydrogens is 306 g/mol. The summed E-state index contributed by atoms with van der Waals surface area (Å²) in [5.41, 5.74) is 0. The number of thioether (sulfide) groups is 1. The maximum Gasteiger partial charge on any atom is 0.317 e. The molecule has 3 rings (SSSR count). The molecule has 0 aromatic heterocycles. The van der Waals surface area contributed by atoms with Gasteiger partial charge in [0.15, 0.2) is 0 Å². The Morgan fingerprint density at radius 2 is 1.70 bits per heavy atom. The van der Waals surface area contributed by atoms with Crippen LogP contribution < -0.4 is 5.32 Å². The molecule has 3 fully saturated rings. The average Bonchev–Trinajstić information content (AvgIpc) is 2.82. The molecule has 2 amide bonds. The van der Waals surface area contributed by atoms with E-state index in [1.54, 1.807) is 0 Å². The molecule has 0 radical (unpaired) electrons. The van der Waals surface area contributed by atoms with Crippen molar-refractivity contribution < 1.29 is 4.79 Å². The molecule has 2 heterocycles. The van der Waals surface area contributed by atoms with E-state index in [9.17, 15) is 4.79 Å². The van der Waals surface area contributed by atoms with Gasteiger partial charge in [0.2, 0.25) is 0 Å². The Bertz CT molecular complexity index is 367. The molecule has 0 bridgehead atoms. The zero-order valence-electron chi connectivity index (χ0n) is 14.5. The number of urea groups is 1. The molecule has 0 spiro atoms. The van der Waals surface area contributed by atoms with E-state index in [-0.39, 0.29) is 6.03 Å². The molecule has 2 saturated heterocycles. The van der Waals surface area contributed by atoms with Crippen LogP contribution in [0.2, 0.25) is 0 Å². The summed E-state index contributed by atoms with van der Waals surface area (Å²) in [5.74, 6) is 2.30. The van der Waals surface area contributed by atoms with Crippen molar-refractivity contribution in [3.63, 3.8) is 0 Å². The number of amides is 2. The van der Waals surface area contributed by atoms with Crippen LogP contribution >= 0.6 is 11.8 Å². The van der Waals surface area contributed by atoms with Crippen LogP contribution in [0, 0.1) is 0 Å². The molecule has 1 aliphatic carbocycles. The van der Waals surface area contributed by atoms with Crippen LogP contribution in [0.25, 0.3) is 0 Å². The normalized spacial score (nSPS) is 28.3. The zero-order valence-corrected chi connectivity index (χ0v) is 15.3. The number of hydrogen-bond acceptors (Lipinski definition) is 3. The summed E-state index contributed by atoms with van der Waals surface area (Å²) in [7, 11) is 0. The summed E-state index contributed by atoms with van der Waals surface area (Å²) in [5, 5.41) is 3.34. The van der Waals surface area contributed by atoms with E-state index >= 15 is 0 Å². The number of carbonyl (C=O) groups is 1. The highest BCUT2D eigenvalue weighted by atomic mass is 32.2. The summed E-state index contributed by atoms with van der Waals surface area (Å²) in [4.78, 5) is 17.6. The van der Waals surface area contributed by atoms with E-state index in [0.29, 0.717) is 12.1 Å². The van der Waals surface area contributed by atoms with Gasteiger partial charge >= 0.3 is 6.03 Å². The molecular formula is C18H33N3OS. The predicted molar refractivity (Wildman–Crippen MR) is 98.1 cm³/mol. The van der Waals surface area contributed by atoms with Gasteiger partial charge in [0.25, 0.3) is 0 Å². The Morgan fingerprint density at radius 3 is 2.48 bits per heavy atom. The van der Waals surface area contributed by atoms with Gasteiger partial charge in [-0.1, -0.05) is 25.7 Å². The Labute approximate surface area is 145 Å². The largest absolute Gasteiger partial charge is 0.335 e. The SMILES string of the molecule is O=C(NC1CCCCC1)N1CCCSCC1CN1CCCCC1. The Kier molecular flexibility index (Phi) is 6.94. The first kappa shape index (κ1) is 17.4. The monoisotopic (exact) mass is 339 g/mol. The van der Waals surface area contributed by atoms with Crippen LogP contribution in [0.5, 0.6) is 0 Å². The van der Waals surface area contributed by atoms with Crippen molar-refractivity contribution in [3.8, 4) is 0 Å². The van der Waals surface area contributed by atoms with E-state index in [1.165, 1.54) is 70.2 Å². The van der Waals surface area contributed by atoms with Crippen molar-refractivity contribution in [1.82, 2.24) is 15.1 Å². The average molecular weight is 340 g/mol. The lowest BCUT2D eigenvalue weighted by atomic mass is 9.96. The molecule has 0 aromatic carbocycles. The minimum absolute atomic E-state index is 0.210. The minimum atomic E-state index is 0.210. The van der Waals surface area contributed by atoms with E-state index in [2.05, 4.69) is 15.1 Å². The van der Waals surface area contributed by atoms with Crippen LogP contribution in [0.15, 0.2) is 0 Å². The summed E-state index contributed by atoms with van der Waals surface area (Å²) in [6.45, 7) is 4.45. The highest BCUT2D eigenvalue weighted by molar-refractivity contribution is 7.99. The number of rotatable bonds is 3. The third kappa shape index (κ3) is 5.28. The van der Waals surface area contributed by atoms with Gasteiger partial charge in [0.05, 0.1) is 6.04 Å². The molecule has 1 saturated carbocycles. The number of nitrogens with one attached hydrogen (secondary N) is 1. The number of carbonyl (C=O) groups excluding carboxylic acids is 1. The van der Waals surface area contributed by atoms with Gasteiger partial charge in [0.1, 0.15) is 0 Å². The molecule has 132 valence electrons. The Morgan fingerprint density at radius 1 is 0.957 bits per heavy atom. The number of hydrogen-bond donors (Lipinski definition) is 1. The van der Waals surface area contributed by atoms with Crippen molar-refractivity contribution in [2.24, 2.45) is 0 Å². The molecule has 4 nitrogen and oxygen atoms in total. The number of likely N-dealkylation sites (tertiary alicyclic amines) is 1. The zero-order chi connectivity index (χ0) is 15.9. The maximum absolute atomic E-state index is 12.9. The molecule has 5 heteroatoms. The van der Waals surface area contributed by atoms with Crippen molar-refractivity contribution in [2.75, 3.05) is 37.7 Å². The van der Waals surface area contributed by atoms with Crippen molar-refractivity contribution >= 4 is 17.8 Å². The van der Waals surface area contributed by atoms with Gasteiger partial charge in [-0.3, -0.25) is 0 Å². The first-order valence-electron chi connectivity index (χ1n) is 9.70. The summed E-state index contributed by atoms with van der Waals surface area (Å²) < 4.78 is 0. The fourth-order valence-electron chi connectivity index (χ4n) is 4.19. The molecule has 0 aromatic rings. The third-order valence-electron chi connectivity index (χ3n) is 5.55. The molecule has 3 aliphatic rings. The van der Waals surface area contributed by atoms with Crippen LogP contribution in [0.3, 0.4) is 0 Å². The Balaban J connectivity index is 1.56. The smallest absolute Gasteiger partial charge is 0.317 e. The second kappa shape index (κ2) is 9.16. The van der Waals surface area contributed by atoms with Gasteiger partial charge in [0, 0.05) is 24.9 Å². The minimum Gasteiger partial charge on any atom is -0.335 e. The van der Waals surface area contributed by atoms with E-state index in [1.807, 2.05) is 11.8 Å². The Hall–Kier alpha value is -0.420. The lowest BCUT2D eigenvalue weighted by Gasteiger charge is -2.36. The summed E-state index contributed by atoms with van der Waals surface area (Å²) >= 11 is 2.03. The lowest BCUT2D eigenvalue weighted by Crippen LogP contribution is -2.54. The second-order valence-corrected chi connectivity index (χ2v) is 8.57. The maximum atomic E-state index is 12.9. The van der Waals surface area contributed by atoms with Gasteiger partial charge in [-0.05, 0) is 50.9 Å². The standard InChI is InChI=1S/C18H33N3OS/c22-18(19-16-8-3-1-4-9-16)21-12-7-13-23-15-17(21)14-20-10-5-2-6-11-20/h16-17H,1-15H2,(H,19,22). The number of piperidine rings is 1. The van der Waals surface area contributed by atoms with Gasteiger partial charge in [-0.25, -0.2) is 4.79 Å². The molecule has 1 atom stereocenters. The molecule has 2 aliphatic heterocycles. The second-order valence-electron chi connectivity index (χ2n) is 7.42. The molecule has 23 heavy (non-hydrogen) atoms. The fraction of sp³-hybridized carbons (Fsp3) is 0.944. The van der Waals surface area contributed by atoms with Crippen LogP contribution in [-0.4, -0.2) is 65.6 Å². The quantitative estimate of drug-likeness (QED) is 0.857. The van der Waals surface area contributed by atoms with Crippen LogP contribution in [0.4, 0.5) is 4.79 Å². The van der Waals surface area contributed by atoms with Crippen molar-refractivity contribution in [1.29, 1.82) is 0 Å². The van der Waals surface area contributed by atoms with E-state index < -0.39 is 0 Å². The van der Waals surface area contributed by atoms with E-state index in [0.717, 1.165) is 25.3 Å². The van der Waals surface area contributed by atoms with Gasteiger partial charge in [-0.2, -0.15) is 11.8 Å². The highest BCUT2D eigenvalue weighted by Crippen LogP contribution is 2.21.